The second-order valence-corrected chi connectivity index (χ2v) is 4.54. The molecule has 0 aliphatic carbocycles. The smallest absolute Gasteiger partial charge is 0.0925 e. The molecule has 3 heteroatoms. The predicted molar refractivity (Wildman–Crippen MR) is 58.2 cm³/mol. The van der Waals surface area contributed by atoms with E-state index in [1.54, 1.807) is 11.3 Å². The first kappa shape index (κ1) is 10.7. The summed E-state index contributed by atoms with van der Waals surface area (Å²) in [6, 6.07) is 0. The number of hydrogen-bond donors (Lipinski definition) is 1. The maximum Gasteiger partial charge on any atom is 0.0925 e. The summed E-state index contributed by atoms with van der Waals surface area (Å²) in [5.41, 5.74) is 7.00. The second-order valence-electron chi connectivity index (χ2n) is 3.60. The molecule has 0 aliphatic rings. The van der Waals surface area contributed by atoms with E-state index in [9.17, 15) is 0 Å². The third kappa shape index (κ3) is 2.09. The molecule has 74 valence electrons. The van der Waals surface area contributed by atoms with Gasteiger partial charge < -0.3 is 5.73 Å². The summed E-state index contributed by atoms with van der Waals surface area (Å²) in [4.78, 5) is 4.58. The fourth-order valence-electron chi connectivity index (χ4n) is 1.18. The van der Waals surface area contributed by atoms with Crippen molar-refractivity contribution >= 4 is 11.3 Å². The SMILES string of the molecule is CCc1nc(C(C)(CC)CN)cs1. The van der Waals surface area contributed by atoms with Gasteiger partial charge in [0.1, 0.15) is 0 Å². The zero-order valence-corrected chi connectivity index (χ0v) is 9.45. The minimum atomic E-state index is 0.0733. The Morgan fingerprint density at radius 1 is 1.54 bits per heavy atom. The van der Waals surface area contributed by atoms with Crippen LogP contribution in [0.15, 0.2) is 5.38 Å². The summed E-state index contributed by atoms with van der Waals surface area (Å²) in [7, 11) is 0. The van der Waals surface area contributed by atoms with Crippen molar-refractivity contribution in [3.63, 3.8) is 0 Å². The standard InChI is InChI=1S/C10H18N2S/c1-4-9-12-8(6-13-9)10(3,5-2)7-11/h6H,4-5,7,11H2,1-3H3. The molecule has 1 unspecified atom stereocenters. The summed E-state index contributed by atoms with van der Waals surface area (Å²) in [5.74, 6) is 0. The Kier molecular flexibility index (Phi) is 3.45. The molecule has 0 bridgehead atoms. The van der Waals surface area contributed by atoms with Crippen molar-refractivity contribution in [3.8, 4) is 0 Å². The van der Waals surface area contributed by atoms with Gasteiger partial charge in [-0.25, -0.2) is 4.98 Å². The van der Waals surface area contributed by atoms with Crippen LogP contribution in [-0.4, -0.2) is 11.5 Å². The number of aryl methyl sites for hydroxylation is 1. The lowest BCUT2D eigenvalue weighted by molar-refractivity contribution is 0.455. The van der Waals surface area contributed by atoms with Gasteiger partial charge in [0, 0.05) is 17.3 Å². The van der Waals surface area contributed by atoms with Gasteiger partial charge in [0.15, 0.2) is 0 Å². The molecule has 0 saturated heterocycles. The van der Waals surface area contributed by atoms with Crippen LogP contribution in [0.2, 0.25) is 0 Å². The Balaban J connectivity index is 2.91. The topological polar surface area (TPSA) is 38.9 Å². The average molecular weight is 198 g/mol. The lowest BCUT2D eigenvalue weighted by Crippen LogP contribution is -2.31. The van der Waals surface area contributed by atoms with E-state index >= 15 is 0 Å². The van der Waals surface area contributed by atoms with E-state index < -0.39 is 0 Å². The second kappa shape index (κ2) is 4.20. The van der Waals surface area contributed by atoms with Crippen molar-refractivity contribution in [2.45, 2.75) is 39.0 Å². The van der Waals surface area contributed by atoms with E-state index in [1.807, 2.05) is 0 Å². The molecule has 2 N–H and O–H groups in total. The van der Waals surface area contributed by atoms with Gasteiger partial charge in [-0.3, -0.25) is 0 Å². The number of thiazole rings is 1. The summed E-state index contributed by atoms with van der Waals surface area (Å²) >= 11 is 1.74. The van der Waals surface area contributed by atoms with E-state index in [0.717, 1.165) is 12.8 Å². The normalized spacial score (nSPS) is 15.7. The van der Waals surface area contributed by atoms with Crippen LogP contribution >= 0.6 is 11.3 Å². The van der Waals surface area contributed by atoms with Crippen LogP contribution in [-0.2, 0) is 11.8 Å². The molecule has 0 aliphatic heterocycles. The number of hydrogen-bond acceptors (Lipinski definition) is 3. The molecule has 1 aromatic rings. The molecule has 1 aromatic heterocycles. The van der Waals surface area contributed by atoms with Gasteiger partial charge >= 0.3 is 0 Å². The molecule has 0 aromatic carbocycles. The van der Waals surface area contributed by atoms with Gasteiger partial charge in [-0.1, -0.05) is 20.8 Å². The average Bonchev–Trinajstić information content (AvgIpc) is 2.65. The molecule has 0 saturated carbocycles. The summed E-state index contributed by atoms with van der Waals surface area (Å²) in [6.45, 7) is 7.16. The van der Waals surface area contributed by atoms with Crippen LogP contribution < -0.4 is 5.73 Å². The van der Waals surface area contributed by atoms with Crippen molar-refractivity contribution in [1.29, 1.82) is 0 Å². The first-order valence-electron chi connectivity index (χ1n) is 4.81. The number of rotatable bonds is 4. The maximum atomic E-state index is 5.76. The first-order chi connectivity index (χ1) is 6.16. The molecule has 0 spiro atoms. The Morgan fingerprint density at radius 3 is 2.62 bits per heavy atom. The van der Waals surface area contributed by atoms with E-state index in [1.165, 1.54) is 10.7 Å². The molecular formula is C10H18N2S. The molecule has 0 radical (unpaired) electrons. The highest BCUT2D eigenvalue weighted by Crippen LogP contribution is 2.27. The van der Waals surface area contributed by atoms with Gasteiger partial charge in [-0.15, -0.1) is 11.3 Å². The van der Waals surface area contributed by atoms with Crippen LogP contribution in [0.4, 0.5) is 0 Å². The van der Waals surface area contributed by atoms with Crippen LogP contribution in [0.1, 0.15) is 37.9 Å². The zero-order chi connectivity index (χ0) is 9.90. The van der Waals surface area contributed by atoms with Crippen molar-refractivity contribution in [3.05, 3.63) is 16.1 Å². The third-order valence-electron chi connectivity index (χ3n) is 2.70. The lowest BCUT2D eigenvalue weighted by Gasteiger charge is -2.23. The number of nitrogens with zero attached hydrogens (tertiary/aromatic N) is 1. The molecule has 13 heavy (non-hydrogen) atoms. The van der Waals surface area contributed by atoms with E-state index in [2.05, 4.69) is 31.1 Å². The molecule has 1 atom stereocenters. The zero-order valence-electron chi connectivity index (χ0n) is 8.63. The van der Waals surface area contributed by atoms with Crippen molar-refractivity contribution in [2.75, 3.05) is 6.54 Å². The maximum absolute atomic E-state index is 5.76. The fraction of sp³-hybridized carbons (Fsp3) is 0.700. The Bertz CT molecular complexity index is 264. The third-order valence-corrected chi connectivity index (χ3v) is 3.70. The quantitative estimate of drug-likeness (QED) is 0.806. The summed E-state index contributed by atoms with van der Waals surface area (Å²) < 4.78 is 0. The molecule has 1 rings (SSSR count). The van der Waals surface area contributed by atoms with E-state index in [4.69, 9.17) is 5.73 Å². The highest BCUT2D eigenvalue weighted by molar-refractivity contribution is 7.09. The van der Waals surface area contributed by atoms with E-state index in [0.29, 0.717) is 6.54 Å². The van der Waals surface area contributed by atoms with E-state index in [-0.39, 0.29) is 5.41 Å². The van der Waals surface area contributed by atoms with Crippen molar-refractivity contribution in [2.24, 2.45) is 5.73 Å². The van der Waals surface area contributed by atoms with Gasteiger partial charge in [0.2, 0.25) is 0 Å². The van der Waals surface area contributed by atoms with Crippen LogP contribution in [0.3, 0.4) is 0 Å². The molecule has 1 heterocycles. The molecular weight excluding hydrogens is 180 g/mol. The number of nitrogens with two attached hydrogens (primary N) is 1. The van der Waals surface area contributed by atoms with Crippen LogP contribution in [0, 0.1) is 0 Å². The Morgan fingerprint density at radius 2 is 2.23 bits per heavy atom. The largest absolute Gasteiger partial charge is 0.330 e. The predicted octanol–water partition coefficient (Wildman–Crippen LogP) is 2.33. The minimum absolute atomic E-state index is 0.0733. The summed E-state index contributed by atoms with van der Waals surface area (Å²) in [6.07, 6.45) is 2.07. The summed E-state index contributed by atoms with van der Waals surface area (Å²) in [5, 5.41) is 3.36. The van der Waals surface area contributed by atoms with Crippen molar-refractivity contribution < 1.29 is 0 Å². The molecule has 0 amide bonds. The van der Waals surface area contributed by atoms with Crippen molar-refractivity contribution in [1.82, 2.24) is 4.98 Å². The van der Waals surface area contributed by atoms with Crippen LogP contribution in [0.5, 0.6) is 0 Å². The van der Waals surface area contributed by atoms with Crippen LogP contribution in [0.25, 0.3) is 0 Å². The first-order valence-corrected chi connectivity index (χ1v) is 5.69. The van der Waals surface area contributed by atoms with Gasteiger partial charge in [-0.2, -0.15) is 0 Å². The Hall–Kier alpha value is -0.410. The monoisotopic (exact) mass is 198 g/mol. The highest BCUT2D eigenvalue weighted by Gasteiger charge is 2.25. The minimum Gasteiger partial charge on any atom is -0.330 e. The Labute approximate surface area is 84.2 Å². The highest BCUT2D eigenvalue weighted by atomic mass is 32.1. The lowest BCUT2D eigenvalue weighted by atomic mass is 9.85. The van der Waals surface area contributed by atoms with Gasteiger partial charge in [-0.05, 0) is 12.8 Å². The molecule has 2 nitrogen and oxygen atoms in total. The number of aromatic nitrogens is 1. The fourth-order valence-corrected chi connectivity index (χ4v) is 2.08. The molecule has 0 fully saturated rings. The van der Waals surface area contributed by atoms with Gasteiger partial charge in [0.05, 0.1) is 10.7 Å². The van der Waals surface area contributed by atoms with Gasteiger partial charge in [0.25, 0.3) is 0 Å².